The lowest BCUT2D eigenvalue weighted by Crippen LogP contribution is -2.29. The van der Waals surface area contributed by atoms with E-state index in [1.54, 1.807) is 11.3 Å². The van der Waals surface area contributed by atoms with Crippen molar-refractivity contribution in [2.75, 3.05) is 13.7 Å². The van der Waals surface area contributed by atoms with Gasteiger partial charge in [0.1, 0.15) is 0 Å². The van der Waals surface area contributed by atoms with Crippen molar-refractivity contribution in [3.63, 3.8) is 0 Å². The molecule has 1 heterocycles. The minimum absolute atomic E-state index is 0.140. The van der Waals surface area contributed by atoms with E-state index >= 15 is 0 Å². The fraction of sp³-hybridized carbons (Fsp3) is 0.600. The third-order valence-electron chi connectivity index (χ3n) is 2.14. The molecule has 0 aliphatic rings. The number of nitrogens with one attached hydrogen (secondary N) is 1. The fourth-order valence-corrected chi connectivity index (χ4v) is 2.84. The molecule has 1 rings (SSSR count). The third kappa shape index (κ3) is 2.70. The van der Waals surface area contributed by atoms with Crippen LogP contribution in [0.1, 0.15) is 24.8 Å². The van der Waals surface area contributed by atoms with E-state index in [0.29, 0.717) is 0 Å². The lowest BCUT2D eigenvalue weighted by Gasteiger charge is -2.22. The zero-order valence-electron chi connectivity index (χ0n) is 8.71. The van der Waals surface area contributed by atoms with Gasteiger partial charge in [-0.05, 0) is 32.3 Å². The lowest BCUT2D eigenvalue weighted by atomic mass is 10.1. The first-order chi connectivity index (χ1) is 6.70. The minimum atomic E-state index is 0.140. The van der Waals surface area contributed by atoms with Crippen molar-refractivity contribution in [1.82, 2.24) is 5.32 Å². The summed E-state index contributed by atoms with van der Waals surface area (Å²) in [7, 11) is 1.93. The summed E-state index contributed by atoms with van der Waals surface area (Å²) >= 11 is 7.73. The number of rotatable bonds is 5. The number of hydrogen-bond acceptors (Lipinski definition) is 3. The van der Waals surface area contributed by atoms with Gasteiger partial charge >= 0.3 is 0 Å². The lowest BCUT2D eigenvalue weighted by molar-refractivity contribution is 0.0502. The van der Waals surface area contributed by atoms with Crippen LogP contribution in [0.3, 0.4) is 0 Å². The predicted octanol–water partition coefficient (Wildman–Crippen LogP) is 3.09. The van der Waals surface area contributed by atoms with E-state index in [-0.39, 0.29) is 12.1 Å². The maximum Gasteiger partial charge on any atom is 0.0749 e. The average molecular weight is 234 g/mol. The Bertz CT molecular complexity index is 277. The monoisotopic (exact) mass is 233 g/mol. The molecule has 0 aliphatic heterocycles. The van der Waals surface area contributed by atoms with Crippen LogP contribution in [0.4, 0.5) is 0 Å². The van der Waals surface area contributed by atoms with Crippen LogP contribution in [0.15, 0.2) is 11.4 Å². The van der Waals surface area contributed by atoms with E-state index in [0.717, 1.165) is 16.5 Å². The number of thiophene rings is 1. The molecule has 2 atom stereocenters. The van der Waals surface area contributed by atoms with E-state index in [1.807, 2.05) is 25.4 Å². The van der Waals surface area contributed by atoms with Gasteiger partial charge in [0.25, 0.3) is 0 Å². The van der Waals surface area contributed by atoms with Crippen LogP contribution < -0.4 is 5.32 Å². The Morgan fingerprint density at radius 1 is 1.64 bits per heavy atom. The molecule has 4 heteroatoms. The number of hydrogen-bond donors (Lipinski definition) is 1. The Morgan fingerprint density at radius 2 is 2.36 bits per heavy atom. The first-order valence-electron chi connectivity index (χ1n) is 4.72. The number of halogens is 1. The molecule has 0 amide bonds. The SMILES string of the molecule is CCOC(C)C(NC)c1sccc1Cl. The molecule has 0 fully saturated rings. The van der Waals surface area contributed by atoms with Gasteiger partial charge in [0.15, 0.2) is 0 Å². The van der Waals surface area contributed by atoms with Gasteiger partial charge in [0.05, 0.1) is 17.2 Å². The smallest absolute Gasteiger partial charge is 0.0749 e. The van der Waals surface area contributed by atoms with E-state index in [9.17, 15) is 0 Å². The maximum atomic E-state index is 6.07. The average Bonchev–Trinajstić information content (AvgIpc) is 2.54. The van der Waals surface area contributed by atoms with Crippen molar-refractivity contribution < 1.29 is 4.74 Å². The molecular weight excluding hydrogens is 218 g/mol. The zero-order valence-corrected chi connectivity index (χ0v) is 10.3. The molecule has 80 valence electrons. The van der Waals surface area contributed by atoms with Crippen molar-refractivity contribution in [3.05, 3.63) is 21.3 Å². The Morgan fingerprint density at radius 3 is 2.79 bits per heavy atom. The standard InChI is InChI=1S/C10H16ClNOS/c1-4-13-7(2)9(12-3)10-8(11)5-6-14-10/h5-7,9,12H,4H2,1-3H3. The van der Waals surface area contributed by atoms with E-state index in [1.165, 1.54) is 0 Å². The van der Waals surface area contributed by atoms with Crippen molar-refractivity contribution in [2.24, 2.45) is 0 Å². The van der Waals surface area contributed by atoms with Crippen LogP contribution in [0.5, 0.6) is 0 Å². The van der Waals surface area contributed by atoms with Gasteiger partial charge in [-0.1, -0.05) is 11.6 Å². The summed E-state index contributed by atoms with van der Waals surface area (Å²) in [5.41, 5.74) is 0. The van der Waals surface area contributed by atoms with Crippen molar-refractivity contribution in [3.8, 4) is 0 Å². The molecule has 1 aromatic rings. The second kappa shape index (κ2) is 5.71. The quantitative estimate of drug-likeness (QED) is 0.844. The molecular formula is C10H16ClNOS. The van der Waals surface area contributed by atoms with Crippen molar-refractivity contribution in [2.45, 2.75) is 26.0 Å². The molecule has 1 aromatic heterocycles. The molecule has 0 spiro atoms. The van der Waals surface area contributed by atoms with Crippen LogP contribution in [0.25, 0.3) is 0 Å². The van der Waals surface area contributed by atoms with Gasteiger partial charge in [-0.15, -0.1) is 11.3 Å². The van der Waals surface area contributed by atoms with Gasteiger partial charge in [0, 0.05) is 11.5 Å². The van der Waals surface area contributed by atoms with Crippen LogP contribution in [0, 0.1) is 0 Å². The summed E-state index contributed by atoms with van der Waals surface area (Å²) in [6.07, 6.45) is 0.140. The minimum Gasteiger partial charge on any atom is -0.377 e. The molecule has 2 unspecified atom stereocenters. The highest BCUT2D eigenvalue weighted by Crippen LogP contribution is 2.31. The molecule has 14 heavy (non-hydrogen) atoms. The van der Waals surface area contributed by atoms with Gasteiger partial charge < -0.3 is 10.1 Å². The molecule has 1 N–H and O–H groups in total. The first kappa shape index (κ1) is 12.0. The summed E-state index contributed by atoms with van der Waals surface area (Å²) in [6.45, 7) is 4.78. The van der Waals surface area contributed by atoms with E-state index in [4.69, 9.17) is 16.3 Å². The largest absolute Gasteiger partial charge is 0.377 e. The molecule has 0 aliphatic carbocycles. The summed E-state index contributed by atoms with van der Waals surface area (Å²) in [5.74, 6) is 0. The van der Waals surface area contributed by atoms with Crippen LogP contribution in [0.2, 0.25) is 5.02 Å². The van der Waals surface area contributed by atoms with Gasteiger partial charge in [0.2, 0.25) is 0 Å². The Kier molecular flexibility index (Phi) is 4.89. The maximum absolute atomic E-state index is 6.07. The molecule has 0 saturated heterocycles. The molecule has 2 nitrogen and oxygen atoms in total. The van der Waals surface area contributed by atoms with Gasteiger partial charge in [-0.25, -0.2) is 0 Å². The summed E-state index contributed by atoms with van der Waals surface area (Å²) in [4.78, 5) is 1.15. The Labute approximate surface area is 94.2 Å². The van der Waals surface area contributed by atoms with E-state index in [2.05, 4.69) is 12.2 Å². The summed E-state index contributed by atoms with van der Waals surface area (Å²) in [6, 6.07) is 2.10. The van der Waals surface area contributed by atoms with Crippen molar-refractivity contribution >= 4 is 22.9 Å². The summed E-state index contributed by atoms with van der Waals surface area (Å²) in [5, 5.41) is 6.05. The second-order valence-electron chi connectivity index (χ2n) is 3.06. The topological polar surface area (TPSA) is 21.3 Å². The predicted molar refractivity (Wildman–Crippen MR) is 62.2 cm³/mol. The highest BCUT2D eigenvalue weighted by molar-refractivity contribution is 7.10. The molecule has 0 saturated carbocycles. The Balaban J connectivity index is 2.76. The van der Waals surface area contributed by atoms with Crippen LogP contribution >= 0.6 is 22.9 Å². The molecule has 0 radical (unpaired) electrons. The third-order valence-corrected chi connectivity index (χ3v) is 3.58. The Hall–Kier alpha value is -0.0900. The zero-order chi connectivity index (χ0) is 10.6. The highest BCUT2D eigenvalue weighted by Gasteiger charge is 2.21. The second-order valence-corrected chi connectivity index (χ2v) is 4.41. The number of ether oxygens (including phenoxy) is 1. The van der Waals surface area contributed by atoms with Crippen molar-refractivity contribution in [1.29, 1.82) is 0 Å². The van der Waals surface area contributed by atoms with Gasteiger partial charge in [-0.3, -0.25) is 0 Å². The van der Waals surface area contributed by atoms with Crippen LogP contribution in [-0.4, -0.2) is 19.8 Å². The molecule has 0 bridgehead atoms. The summed E-state index contributed by atoms with van der Waals surface area (Å²) < 4.78 is 5.56. The van der Waals surface area contributed by atoms with Crippen LogP contribution in [-0.2, 0) is 4.74 Å². The first-order valence-corrected chi connectivity index (χ1v) is 5.98. The molecule has 0 aromatic carbocycles. The highest BCUT2D eigenvalue weighted by atomic mass is 35.5. The normalized spacial score (nSPS) is 15.4. The van der Waals surface area contributed by atoms with E-state index < -0.39 is 0 Å². The number of likely N-dealkylation sites (N-methyl/N-ethyl adjacent to an activating group) is 1. The van der Waals surface area contributed by atoms with Gasteiger partial charge in [-0.2, -0.15) is 0 Å². The fourth-order valence-electron chi connectivity index (χ4n) is 1.47.